The van der Waals surface area contributed by atoms with Gasteiger partial charge in [0, 0.05) is 24.0 Å². The molecule has 0 saturated heterocycles. The topological polar surface area (TPSA) is 13.1 Å². The van der Waals surface area contributed by atoms with Crippen molar-refractivity contribution >= 4 is 10.8 Å². The molecule has 1 heterocycles. The number of nitrogens with zero attached hydrogens (tertiary/aromatic N) is 1. The van der Waals surface area contributed by atoms with E-state index in [0.717, 1.165) is 6.61 Å². The molecular formula is C18H24NO+. The van der Waals surface area contributed by atoms with Crippen LogP contribution in [0.1, 0.15) is 44.2 Å². The fourth-order valence-electron chi connectivity index (χ4n) is 3.58. The van der Waals surface area contributed by atoms with E-state index in [2.05, 4.69) is 55.1 Å². The predicted molar refractivity (Wildman–Crippen MR) is 81.7 cm³/mol. The van der Waals surface area contributed by atoms with Gasteiger partial charge in [0.25, 0.3) is 0 Å². The number of ether oxygens (including phenoxy) is 1. The van der Waals surface area contributed by atoms with Crippen LogP contribution in [-0.4, -0.2) is 12.7 Å². The molecule has 1 aliphatic rings. The van der Waals surface area contributed by atoms with E-state index in [9.17, 15) is 0 Å². The molecule has 1 aromatic carbocycles. The number of rotatable bonds is 3. The van der Waals surface area contributed by atoms with Gasteiger partial charge in [-0.3, -0.25) is 0 Å². The number of hydrogen-bond donors (Lipinski definition) is 0. The molecule has 3 rings (SSSR count). The predicted octanol–water partition coefficient (Wildman–Crippen LogP) is 3.73. The smallest absolute Gasteiger partial charge is 0.192 e. The van der Waals surface area contributed by atoms with Crippen LogP contribution in [0.3, 0.4) is 0 Å². The molecule has 0 N–H and O–H groups in total. The van der Waals surface area contributed by atoms with E-state index in [-0.39, 0.29) is 0 Å². The van der Waals surface area contributed by atoms with Gasteiger partial charge in [0.05, 0.1) is 6.10 Å². The van der Waals surface area contributed by atoms with Gasteiger partial charge in [-0.05, 0) is 44.1 Å². The molecular weight excluding hydrogens is 246 g/mol. The standard InChI is InChI=1S/C18H24NO/c1-3-20-16-10-8-15(9-11-16)18-17-7-5-4-6-14(17)12-13-19(18)2/h4-7,12-13,15-16H,3,8-11H2,1-2H3/q+1. The van der Waals surface area contributed by atoms with Crippen molar-refractivity contribution in [2.24, 2.45) is 7.05 Å². The van der Waals surface area contributed by atoms with Crippen molar-refractivity contribution in [2.75, 3.05) is 6.61 Å². The van der Waals surface area contributed by atoms with Crippen molar-refractivity contribution in [3.8, 4) is 0 Å². The van der Waals surface area contributed by atoms with Crippen LogP contribution in [0.4, 0.5) is 0 Å². The summed E-state index contributed by atoms with van der Waals surface area (Å²) in [5.74, 6) is 0.669. The Hall–Kier alpha value is -1.41. The van der Waals surface area contributed by atoms with Crippen molar-refractivity contribution in [3.05, 3.63) is 42.2 Å². The van der Waals surface area contributed by atoms with E-state index < -0.39 is 0 Å². The third-order valence-corrected chi connectivity index (χ3v) is 4.56. The third kappa shape index (κ3) is 2.57. The largest absolute Gasteiger partial charge is 0.379 e. The summed E-state index contributed by atoms with van der Waals surface area (Å²) in [5.41, 5.74) is 1.50. The van der Waals surface area contributed by atoms with Crippen LogP contribution in [0.2, 0.25) is 0 Å². The molecule has 0 aliphatic heterocycles. The number of hydrogen-bond acceptors (Lipinski definition) is 1. The first-order chi connectivity index (χ1) is 9.79. The summed E-state index contributed by atoms with van der Waals surface area (Å²) >= 11 is 0. The lowest BCUT2D eigenvalue weighted by molar-refractivity contribution is -0.679. The lowest BCUT2D eigenvalue weighted by Crippen LogP contribution is -2.36. The Morgan fingerprint density at radius 3 is 2.60 bits per heavy atom. The summed E-state index contributed by atoms with van der Waals surface area (Å²) in [6.07, 6.45) is 7.56. The van der Waals surface area contributed by atoms with Crippen molar-refractivity contribution in [1.29, 1.82) is 0 Å². The van der Waals surface area contributed by atoms with E-state index in [4.69, 9.17) is 4.74 Å². The lowest BCUT2D eigenvalue weighted by Gasteiger charge is -2.27. The molecule has 2 nitrogen and oxygen atoms in total. The Labute approximate surface area is 121 Å². The highest BCUT2D eigenvalue weighted by Gasteiger charge is 2.29. The second-order valence-electron chi connectivity index (χ2n) is 5.83. The summed E-state index contributed by atoms with van der Waals surface area (Å²) in [6.45, 7) is 2.94. The minimum atomic E-state index is 0.483. The first kappa shape index (κ1) is 13.6. The van der Waals surface area contributed by atoms with Gasteiger partial charge in [0.2, 0.25) is 0 Å². The minimum absolute atomic E-state index is 0.483. The van der Waals surface area contributed by atoms with E-state index in [1.807, 2.05) is 0 Å². The van der Waals surface area contributed by atoms with E-state index >= 15 is 0 Å². The summed E-state index contributed by atoms with van der Waals surface area (Å²) in [4.78, 5) is 0. The van der Waals surface area contributed by atoms with Gasteiger partial charge in [-0.2, -0.15) is 0 Å². The van der Waals surface area contributed by atoms with Gasteiger partial charge in [0.1, 0.15) is 7.05 Å². The summed E-state index contributed by atoms with van der Waals surface area (Å²) in [5, 5.41) is 2.77. The first-order valence-electron chi connectivity index (χ1n) is 7.78. The molecule has 1 saturated carbocycles. The second-order valence-corrected chi connectivity index (χ2v) is 5.83. The average molecular weight is 270 g/mol. The number of fused-ring (bicyclic) bond motifs is 1. The Morgan fingerprint density at radius 2 is 1.85 bits per heavy atom. The van der Waals surface area contributed by atoms with Gasteiger partial charge < -0.3 is 4.74 Å². The van der Waals surface area contributed by atoms with Crippen LogP contribution in [0.25, 0.3) is 10.8 Å². The molecule has 0 spiro atoms. The fraction of sp³-hybridized carbons (Fsp3) is 0.500. The number of aromatic nitrogens is 1. The Morgan fingerprint density at radius 1 is 1.10 bits per heavy atom. The summed E-state index contributed by atoms with van der Waals surface area (Å²) in [7, 11) is 2.18. The molecule has 0 atom stereocenters. The van der Waals surface area contributed by atoms with Gasteiger partial charge in [-0.1, -0.05) is 18.2 Å². The van der Waals surface area contributed by atoms with Crippen LogP contribution in [0.15, 0.2) is 36.5 Å². The van der Waals surface area contributed by atoms with Gasteiger partial charge >= 0.3 is 0 Å². The highest BCUT2D eigenvalue weighted by molar-refractivity contribution is 5.83. The maximum absolute atomic E-state index is 5.78. The molecule has 2 heteroatoms. The summed E-state index contributed by atoms with van der Waals surface area (Å²) < 4.78 is 8.09. The quantitative estimate of drug-likeness (QED) is 0.775. The average Bonchev–Trinajstić information content (AvgIpc) is 2.49. The van der Waals surface area contributed by atoms with Gasteiger partial charge in [-0.25, -0.2) is 4.57 Å². The maximum Gasteiger partial charge on any atom is 0.192 e. The molecule has 106 valence electrons. The van der Waals surface area contributed by atoms with Crippen LogP contribution < -0.4 is 4.57 Å². The first-order valence-corrected chi connectivity index (χ1v) is 7.78. The second kappa shape index (κ2) is 5.92. The van der Waals surface area contributed by atoms with Crippen molar-refractivity contribution < 1.29 is 9.30 Å². The van der Waals surface area contributed by atoms with E-state index in [0.29, 0.717) is 12.0 Å². The number of benzene rings is 1. The van der Waals surface area contributed by atoms with Crippen molar-refractivity contribution in [1.82, 2.24) is 0 Å². The Balaban J connectivity index is 1.89. The van der Waals surface area contributed by atoms with Gasteiger partial charge in [0.15, 0.2) is 11.9 Å². The SMILES string of the molecule is CCOC1CCC(c2c3ccccc3cc[n+]2C)CC1. The molecule has 0 radical (unpaired) electrons. The molecule has 0 unspecified atom stereocenters. The summed E-state index contributed by atoms with van der Waals surface area (Å²) in [6, 6.07) is 11.0. The van der Waals surface area contributed by atoms with Crippen LogP contribution in [-0.2, 0) is 11.8 Å². The molecule has 1 fully saturated rings. The van der Waals surface area contributed by atoms with Crippen molar-refractivity contribution in [3.63, 3.8) is 0 Å². The third-order valence-electron chi connectivity index (χ3n) is 4.56. The lowest BCUT2D eigenvalue weighted by atomic mass is 9.83. The fourth-order valence-corrected chi connectivity index (χ4v) is 3.58. The minimum Gasteiger partial charge on any atom is -0.379 e. The van der Waals surface area contributed by atoms with Crippen molar-refractivity contribution in [2.45, 2.75) is 44.6 Å². The Bertz CT molecular complexity index is 585. The zero-order valence-corrected chi connectivity index (χ0v) is 12.5. The molecule has 2 aromatic rings. The highest BCUT2D eigenvalue weighted by atomic mass is 16.5. The van der Waals surface area contributed by atoms with Crippen LogP contribution in [0.5, 0.6) is 0 Å². The molecule has 0 amide bonds. The van der Waals surface area contributed by atoms with Crippen LogP contribution in [0, 0.1) is 0 Å². The molecule has 1 aromatic heterocycles. The van der Waals surface area contributed by atoms with Gasteiger partial charge in [-0.15, -0.1) is 0 Å². The normalized spacial score (nSPS) is 23.1. The van der Waals surface area contributed by atoms with E-state index in [1.165, 1.54) is 42.1 Å². The zero-order chi connectivity index (χ0) is 13.9. The maximum atomic E-state index is 5.78. The highest BCUT2D eigenvalue weighted by Crippen LogP contribution is 2.35. The molecule has 1 aliphatic carbocycles. The van der Waals surface area contributed by atoms with E-state index in [1.54, 1.807) is 0 Å². The Kier molecular flexibility index (Phi) is 4.02. The monoisotopic (exact) mass is 270 g/mol. The molecule has 0 bridgehead atoms. The molecule has 20 heavy (non-hydrogen) atoms. The number of aryl methyl sites for hydroxylation is 1. The van der Waals surface area contributed by atoms with Crippen LogP contribution >= 0.6 is 0 Å². The zero-order valence-electron chi connectivity index (χ0n) is 12.5. The number of pyridine rings is 1.